The van der Waals surface area contributed by atoms with E-state index in [1.165, 1.54) is 18.1 Å². The Kier molecular flexibility index (Phi) is 3.72. The van der Waals surface area contributed by atoms with Crippen LogP contribution in [0.5, 0.6) is 23.0 Å². The molecule has 3 aliphatic rings. The maximum absolute atomic E-state index is 11.0. The van der Waals surface area contributed by atoms with Gasteiger partial charge in [-0.3, -0.25) is 0 Å². The quantitative estimate of drug-likeness (QED) is 0.865. The van der Waals surface area contributed by atoms with E-state index in [1.54, 1.807) is 0 Å². The van der Waals surface area contributed by atoms with Gasteiger partial charge in [-0.25, -0.2) is 0 Å². The van der Waals surface area contributed by atoms with Crippen molar-refractivity contribution in [1.82, 2.24) is 5.32 Å². The van der Waals surface area contributed by atoms with Crippen LogP contribution >= 0.6 is 0 Å². The van der Waals surface area contributed by atoms with E-state index in [-0.39, 0.29) is 6.04 Å². The minimum Gasteiger partial charge on any atom is -0.486 e. The summed E-state index contributed by atoms with van der Waals surface area (Å²) in [6.45, 7) is 1.91. The van der Waals surface area contributed by atoms with Crippen molar-refractivity contribution in [2.45, 2.75) is 18.6 Å². The Bertz CT molecular complexity index is 879. The lowest BCUT2D eigenvalue weighted by molar-refractivity contribution is 0.124. The van der Waals surface area contributed by atoms with Gasteiger partial charge in [-0.1, -0.05) is 6.07 Å². The third-order valence-electron chi connectivity index (χ3n) is 4.97. The van der Waals surface area contributed by atoms with Gasteiger partial charge in [0, 0.05) is 0 Å². The lowest BCUT2D eigenvalue weighted by Crippen LogP contribution is -2.34. The Balaban J connectivity index is 1.50. The average Bonchev–Trinajstić information content (AvgIpc) is 2.71. The van der Waals surface area contributed by atoms with Crippen LogP contribution in [0.4, 0.5) is 0 Å². The predicted molar refractivity (Wildman–Crippen MR) is 93.7 cm³/mol. The highest BCUT2D eigenvalue weighted by atomic mass is 16.6. The molecule has 2 atom stereocenters. The van der Waals surface area contributed by atoms with Gasteiger partial charge in [0.15, 0.2) is 23.0 Å². The highest BCUT2D eigenvalue weighted by Gasteiger charge is 2.30. The van der Waals surface area contributed by atoms with Crippen LogP contribution in [0.3, 0.4) is 0 Å². The molecule has 0 unspecified atom stereocenters. The number of aliphatic hydroxyl groups is 1. The van der Waals surface area contributed by atoms with E-state index in [0.29, 0.717) is 24.7 Å². The average molecular weight is 353 g/mol. The second kappa shape index (κ2) is 6.23. The molecule has 3 heterocycles. The van der Waals surface area contributed by atoms with E-state index in [4.69, 9.17) is 18.9 Å². The van der Waals surface area contributed by atoms with Crippen molar-refractivity contribution in [2.24, 2.45) is 0 Å². The zero-order valence-electron chi connectivity index (χ0n) is 14.1. The Hall–Kier alpha value is -2.70. The maximum atomic E-state index is 11.0. The molecule has 0 fully saturated rings. The van der Waals surface area contributed by atoms with Gasteiger partial charge in [-0.15, -0.1) is 0 Å². The van der Waals surface area contributed by atoms with Crippen LogP contribution in [0, 0.1) is 0 Å². The minimum absolute atomic E-state index is 0.229. The second-order valence-electron chi connectivity index (χ2n) is 6.54. The number of fused-ring (bicyclic) bond motifs is 3. The Morgan fingerprint density at radius 2 is 1.69 bits per heavy atom. The summed E-state index contributed by atoms with van der Waals surface area (Å²) < 4.78 is 22.3. The van der Waals surface area contributed by atoms with Gasteiger partial charge in [0.25, 0.3) is 0 Å². The predicted octanol–water partition coefficient (Wildman–Crippen LogP) is 2.62. The molecule has 0 aromatic heterocycles. The topological polar surface area (TPSA) is 69.2 Å². The molecule has 2 aromatic rings. The number of ether oxygens (including phenoxy) is 4. The molecule has 0 bridgehead atoms. The van der Waals surface area contributed by atoms with Crippen LogP contribution in [-0.2, 0) is 6.42 Å². The number of hydrogen-bond acceptors (Lipinski definition) is 6. The van der Waals surface area contributed by atoms with Gasteiger partial charge in [0.1, 0.15) is 25.7 Å². The first kappa shape index (κ1) is 15.5. The molecule has 3 aliphatic heterocycles. The molecule has 134 valence electrons. The first-order valence-electron chi connectivity index (χ1n) is 8.76. The summed E-state index contributed by atoms with van der Waals surface area (Å²) in [6.07, 6.45) is 3.14. The van der Waals surface area contributed by atoms with Crippen molar-refractivity contribution >= 4 is 0 Å². The smallest absolute Gasteiger partial charge is 0.169 e. The maximum Gasteiger partial charge on any atom is 0.169 e. The van der Waals surface area contributed by atoms with Crippen LogP contribution in [-0.4, -0.2) is 24.9 Å². The molecular formula is C20H19NO5. The van der Waals surface area contributed by atoms with Gasteiger partial charge in [0.2, 0.25) is 0 Å². The number of aliphatic hydroxyl groups excluding tert-OH is 1. The molecule has 0 saturated heterocycles. The fourth-order valence-corrected chi connectivity index (χ4v) is 3.70. The monoisotopic (exact) mass is 353 g/mol. The molecular weight excluding hydrogens is 334 g/mol. The first-order chi connectivity index (χ1) is 12.8. The zero-order chi connectivity index (χ0) is 17.5. The van der Waals surface area contributed by atoms with E-state index in [9.17, 15) is 5.11 Å². The molecule has 0 spiro atoms. The molecule has 0 amide bonds. The molecule has 0 saturated carbocycles. The number of nitrogens with one attached hydrogen (secondary N) is 1. The zero-order valence-corrected chi connectivity index (χ0v) is 14.1. The molecule has 5 rings (SSSR count). The fourth-order valence-electron chi connectivity index (χ4n) is 3.70. The van der Waals surface area contributed by atoms with Gasteiger partial charge in [-0.05, 0) is 53.9 Å². The van der Waals surface area contributed by atoms with Crippen molar-refractivity contribution in [2.75, 3.05) is 19.8 Å². The van der Waals surface area contributed by atoms with E-state index in [1.807, 2.05) is 30.3 Å². The van der Waals surface area contributed by atoms with Gasteiger partial charge in [0.05, 0.1) is 12.1 Å². The lowest BCUT2D eigenvalue weighted by Gasteiger charge is -2.32. The van der Waals surface area contributed by atoms with Crippen molar-refractivity contribution in [3.8, 4) is 23.0 Å². The van der Waals surface area contributed by atoms with Crippen LogP contribution in [0.15, 0.2) is 42.9 Å². The van der Waals surface area contributed by atoms with Crippen molar-refractivity contribution in [1.29, 1.82) is 0 Å². The lowest BCUT2D eigenvalue weighted by atomic mass is 9.88. The third kappa shape index (κ3) is 2.58. The largest absolute Gasteiger partial charge is 0.486 e. The Morgan fingerprint density at radius 1 is 0.923 bits per heavy atom. The highest BCUT2D eigenvalue weighted by molar-refractivity contribution is 5.51. The number of benzene rings is 2. The van der Waals surface area contributed by atoms with E-state index in [0.717, 1.165) is 35.6 Å². The summed E-state index contributed by atoms with van der Waals surface area (Å²) in [6, 6.07) is 9.29. The standard InChI is InChI=1S/C20H19NO5/c22-20(13-1-2-15-16(10-13)24-6-5-23-15)19-14-11-18-17(25-7-8-26-18)9-12(14)3-4-21-19/h1-2,5-6,9-11,19-22H,3-4,7-8H2/t19-,20+/m0/s1. The first-order valence-corrected chi connectivity index (χ1v) is 8.76. The summed E-state index contributed by atoms with van der Waals surface area (Å²) in [5.74, 6) is 2.77. The van der Waals surface area contributed by atoms with Crippen LogP contribution in [0.1, 0.15) is 28.8 Å². The number of rotatable bonds is 2. The summed E-state index contributed by atoms with van der Waals surface area (Å²) in [7, 11) is 0. The summed E-state index contributed by atoms with van der Waals surface area (Å²) in [5, 5.41) is 14.5. The summed E-state index contributed by atoms with van der Waals surface area (Å²) >= 11 is 0. The van der Waals surface area contributed by atoms with Gasteiger partial charge >= 0.3 is 0 Å². The molecule has 2 aromatic carbocycles. The molecule has 6 heteroatoms. The molecule has 6 nitrogen and oxygen atoms in total. The molecule has 26 heavy (non-hydrogen) atoms. The fraction of sp³-hybridized carbons (Fsp3) is 0.300. The summed E-state index contributed by atoms with van der Waals surface area (Å²) in [4.78, 5) is 0. The molecule has 0 aliphatic carbocycles. The van der Waals surface area contributed by atoms with Crippen LogP contribution < -0.4 is 24.3 Å². The van der Waals surface area contributed by atoms with Gasteiger partial charge < -0.3 is 29.4 Å². The van der Waals surface area contributed by atoms with Gasteiger partial charge in [-0.2, -0.15) is 0 Å². The third-order valence-corrected chi connectivity index (χ3v) is 4.97. The SMILES string of the molecule is O[C@H](c1ccc2c(c1)OC=CO2)[C@H]1NCCc2cc3c(cc21)OCCO3. The molecule has 2 N–H and O–H groups in total. The highest BCUT2D eigenvalue weighted by Crippen LogP contribution is 2.42. The van der Waals surface area contributed by atoms with Crippen LogP contribution in [0.25, 0.3) is 0 Å². The van der Waals surface area contributed by atoms with Crippen molar-refractivity contribution < 1.29 is 24.1 Å². The second-order valence-corrected chi connectivity index (χ2v) is 6.54. The van der Waals surface area contributed by atoms with E-state index >= 15 is 0 Å². The summed E-state index contributed by atoms with van der Waals surface area (Å²) in [5.41, 5.74) is 2.99. The van der Waals surface area contributed by atoms with Crippen molar-refractivity contribution in [3.63, 3.8) is 0 Å². The van der Waals surface area contributed by atoms with Crippen LogP contribution in [0.2, 0.25) is 0 Å². The number of hydrogen-bond donors (Lipinski definition) is 2. The van der Waals surface area contributed by atoms with E-state index < -0.39 is 6.10 Å². The molecule has 0 radical (unpaired) electrons. The Morgan fingerprint density at radius 3 is 2.54 bits per heavy atom. The normalized spacial score (nSPS) is 21.0. The minimum atomic E-state index is -0.726. The Labute approximate surface area is 150 Å². The van der Waals surface area contributed by atoms with Crippen molar-refractivity contribution in [3.05, 3.63) is 59.5 Å². The van der Waals surface area contributed by atoms with E-state index in [2.05, 4.69) is 5.32 Å².